The molecule has 242 valence electrons. The Labute approximate surface area is 299 Å². The molecule has 11 rings (SSSR count). The van der Waals surface area contributed by atoms with Gasteiger partial charge >= 0.3 is 0 Å². The van der Waals surface area contributed by atoms with Gasteiger partial charge in [0.15, 0.2) is 5.82 Å². The molecule has 0 unspecified atom stereocenters. The molecule has 0 spiro atoms. The van der Waals surface area contributed by atoms with Crippen LogP contribution >= 0.6 is 0 Å². The van der Waals surface area contributed by atoms with Crippen LogP contribution in [-0.2, 0) is 0 Å². The minimum absolute atomic E-state index is 0.707. The SMILES string of the molecule is c1cc(-c2nc(-c3ccc4ccccc4c3)c3ccccc3n2)cc(-n2c3ccccc3c3cc(-n4c5ccccc5c5ccccc54)ccc32)c1. The largest absolute Gasteiger partial charge is 0.309 e. The lowest BCUT2D eigenvalue weighted by Crippen LogP contribution is -1.98. The second-order valence-electron chi connectivity index (χ2n) is 13.4. The number of nitrogens with zero attached hydrogens (tertiary/aromatic N) is 4. The Kier molecular flexibility index (Phi) is 6.22. The minimum Gasteiger partial charge on any atom is -0.309 e. The van der Waals surface area contributed by atoms with Crippen LogP contribution in [0.5, 0.6) is 0 Å². The van der Waals surface area contributed by atoms with E-state index in [1.54, 1.807) is 0 Å². The molecule has 0 radical (unpaired) electrons. The van der Waals surface area contributed by atoms with E-state index in [0.29, 0.717) is 5.82 Å². The van der Waals surface area contributed by atoms with Gasteiger partial charge in [-0.3, -0.25) is 0 Å². The predicted octanol–water partition coefficient (Wildman–Crippen LogP) is 12.3. The van der Waals surface area contributed by atoms with Crippen molar-refractivity contribution in [3.05, 3.63) is 182 Å². The molecule has 0 aliphatic carbocycles. The predicted molar refractivity (Wildman–Crippen MR) is 217 cm³/mol. The van der Waals surface area contributed by atoms with E-state index >= 15 is 0 Å². The molecule has 4 heteroatoms. The number of fused-ring (bicyclic) bond motifs is 8. The summed E-state index contributed by atoms with van der Waals surface area (Å²) >= 11 is 0. The Morgan fingerprint density at radius 3 is 1.63 bits per heavy atom. The molecule has 0 saturated heterocycles. The zero-order valence-electron chi connectivity index (χ0n) is 28.1. The molecular weight excluding hydrogens is 633 g/mol. The molecule has 0 saturated carbocycles. The van der Waals surface area contributed by atoms with E-state index in [9.17, 15) is 0 Å². The summed E-state index contributed by atoms with van der Waals surface area (Å²) in [5.41, 5.74) is 10.8. The van der Waals surface area contributed by atoms with E-state index in [2.05, 4.69) is 185 Å². The Balaban J connectivity index is 1.09. The summed E-state index contributed by atoms with van der Waals surface area (Å²) < 4.78 is 4.76. The monoisotopic (exact) mass is 662 g/mol. The van der Waals surface area contributed by atoms with Crippen molar-refractivity contribution in [1.82, 2.24) is 19.1 Å². The first-order chi connectivity index (χ1) is 25.8. The van der Waals surface area contributed by atoms with Crippen LogP contribution in [0.25, 0.3) is 99.3 Å². The summed E-state index contributed by atoms with van der Waals surface area (Å²) in [6.07, 6.45) is 0. The number of aromatic nitrogens is 4. The summed E-state index contributed by atoms with van der Waals surface area (Å²) in [4.78, 5) is 10.4. The molecule has 0 aliphatic heterocycles. The zero-order chi connectivity index (χ0) is 34.2. The average molecular weight is 663 g/mol. The first-order valence-electron chi connectivity index (χ1n) is 17.7. The van der Waals surface area contributed by atoms with Gasteiger partial charge in [-0.05, 0) is 71.4 Å². The van der Waals surface area contributed by atoms with Crippen LogP contribution in [0.15, 0.2) is 182 Å². The molecule has 4 nitrogen and oxygen atoms in total. The summed E-state index contributed by atoms with van der Waals surface area (Å²) in [5.74, 6) is 0.707. The summed E-state index contributed by atoms with van der Waals surface area (Å²) in [6, 6.07) is 64.9. The van der Waals surface area contributed by atoms with Gasteiger partial charge in [-0.15, -0.1) is 0 Å². The third kappa shape index (κ3) is 4.34. The lowest BCUT2D eigenvalue weighted by Gasteiger charge is -2.13. The maximum Gasteiger partial charge on any atom is 0.160 e. The summed E-state index contributed by atoms with van der Waals surface area (Å²) in [5, 5.41) is 8.39. The maximum atomic E-state index is 5.26. The Hall–Kier alpha value is -7.04. The van der Waals surface area contributed by atoms with Crippen LogP contribution in [0.1, 0.15) is 0 Å². The van der Waals surface area contributed by atoms with Crippen molar-refractivity contribution in [2.24, 2.45) is 0 Å². The van der Waals surface area contributed by atoms with Gasteiger partial charge in [0.1, 0.15) is 0 Å². The highest BCUT2D eigenvalue weighted by molar-refractivity contribution is 6.12. The molecule has 11 aromatic rings. The number of para-hydroxylation sites is 4. The van der Waals surface area contributed by atoms with Crippen molar-refractivity contribution in [2.45, 2.75) is 0 Å². The number of benzene rings is 8. The van der Waals surface area contributed by atoms with E-state index in [-0.39, 0.29) is 0 Å². The highest BCUT2D eigenvalue weighted by Gasteiger charge is 2.18. The van der Waals surface area contributed by atoms with Crippen molar-refractivity contribution in [3.63, 3.8) is 0 Å². The molecule has 0 N–H and O–H groups in total. The first-order valence-corrected chi connectivity index (χ1v) is 17.7. The first kappa shape index (κ1) is 28.8. The van der Waals surface area contributed by atoms with E-state index in [1.807, 2.05) is 6.07 Å². The fraction of sp³-hybridized carbons (Fsp3) is 0. The summed E-state index contributed by atoms with van der Waals surface area (Å²) in [7, 11) is 0. The Bertz CT molecular complexity index is 3150. The topological polar surface area (TPSA) is 35.6 Å². The van der Waals surface area contributed by atoms with E-state index in [4.69, 9.17) is 9.97 Å². The molecular formula is C48H30N4. The van der Waals surface area contributed by atoms with Gasteiger partial charge in [-0.25, -0.2) is 9.97 Å². The second kappa shape index (κ2) is 11.2. The number of hydrogen-bond donors (Lipinski definition) is 0. The van der Waals surface area contributed by atoms with Crippen LogP contribution < -0.4 is 0 Å². The third-order valence-electron chi connectivity index (χ3n) is 10.5. The molecule has 52 heavy (non-hydrogen) atoms. The van der Waals surface area contributed by atoms with E-state index < -0.39 is 0 Å². The Morgan fingerprint density at radius 2 is 0.904 bits per heavy atom. The fourth-order valence-corrected chi connectivity index (χ4v) is 8.13. The lowest BCUT2D eigenvalue weighted by atomic mass is 10.0. The summed E-state index contributed by atoms with van der Waals surface area (Å²) in [6.45, 7) is 0. The normalized spacial score (nSPS) is 11.8. The minimum atomic E-state index is 0.707. The van der Waals surface area contributed by atoms with Gasteiger partial charge in [0.25, 0.3) is 0 Å². The van der Waals surface area contributed by atoms with Gasteiger partial charge in [0, 0.05) is 49.4 Å². The average Bonchev–Trinajstić information content (AvgIpc) is 3.73. The van der Waals surface area contributed by atoms with Crippen molar-refractivity contribution in [1.29, 1.82) is 0 Å². The number of rotatable bonds is 4. The van der Waals surface area contributed by atoms with Crippen LogP contribution in [0.4, 0.5) is 0 Å². The van der Waals surface area contributed by atoms with Gasteiger partial charge in [0.2, 0.25) is 0 Å². The Morgan fingerprint density at radius 1 is 0.327 bits per heavy atom. The molecule has 0 atom stereocenters. The molecule has 3 aromatic heterocycles. The van der Waals surface area contributed by atoms with Crippen molar-refractivity contribution >= 4 is 65.3 Å². The standard InChI is InChI=1S/C48H30N4/c1-2-13-32-28-33(25-24-31(32)12-1)47-40-19-3-7-20-42(40)49-48(50-47)34-14-11-15-35(29-34)51-45-23-10-6-18-39(45)41-30-36(26-27-46(41)51)52-43-21-8-4-16-37(43)38-17-5-9-22-44(38)52/h1-30H. The molecule has 0 fully saturated rings. The second-order valence-corrected chi connectivity index (χ2v) is 13.4. The zero-order valence-corrected chi connectivity index (χ0v) is 28.1. The van der Waals surface area contributed by atoms with Crippen molar-refractivity contribution in [2.75, 3.05) is 0 Å². The van der Waals surface area contributed by atoms with Crippen LogP contribution in [0.3, 0.4) is 0 Å². The molecule has 0 aliphatic rings. The third-order valence-corrected chi connectivity index (χ3v) is 10.5. The number of hydrogen-bond acceptors (Lipinski definition) is 2. The van der Waals surface area contributed by atoms with Gasteiger partial charge in [-0.1, -0.05) is 121 Å². The smallest absolute Gasteiger partial charge is 0.160 e. The molecule has 0 amide bonds. The maximum absolute atomic E-state index is 5.26. The van der Waals surface area contributed by atoms with Gasteiger partial charge in [-0.2, -0.15) is 0 Å². The van der Waals surface area contributed by atoms with Crippen molar-refractivity contribution in [3.8, 4) is 34.0 Å². The van der Waals surface area contributed by atoms with Crippen LogP contribution in [-0.4, -0.2) is 19.1 Å². The molecule has 8 aromatic carbocycles. The highest BCUT2D eigenvalue weighted by Crippen LogP contribution is 2.38. The lowest BCUT2D eigenvalue weighted by molar-refractivity contribution is 1.16. The van der Waals surface area contributed by atoms with E-state index in [0.717, 1.165) is 50.1 Å². The molecule has 0 bridgehead atoms. The van der Waals surface area contributed by atoms with Gasteiger partial charge in [0.05, 0.1) is 33.3 Å². The van der Waals surface area contributed by atoms with Gasteiger partial charge < -0.3 is 9.13 Å². The highest BCUT2D eigenvalue weighted by atomic mass is 15.0. The van der Waals surface area contributed by atoms with E-state index in [1.165, 1.54) is 43.4 Å². The quantitative estimate of drug-likeness (QED) is 0.188. The van der Waals surface area contributed by atoms with Crippen LogP contribution in [0.2, 0.25) is 0 Å². The fourth-order valence-electron chi connectivity index (χ4n) is 8.13. The van der Waals surface area contributed by atoms with Crippen molar-refractivity contribution < 1.29 is 0 Å². The van der Waals surface area contributed by atoms with Crippen LogP contribution in [0, 0.1) is 0 Å². The molecule has 3 heterocycles.